The first-order valence-corrected chi connectivity index (χ1v) is 9.88. The van der Waals surface area contributed by atoms with Gasteiger partial charge in [-0.05, 0) is 56.4 Å². The predicted molar refractivity (Wildman–Crippen MR) is 90.9 cm³/mol. The molecule has 0 aromatic heterocycles. The Morgan fingerprint density at radius 3 is 2.52 bits per heavy atom. The monoisotopic (exact) mass is 338 g/mol. The van der Waals surface area contributed by atoms with Gasteiger partial charge in [0.1, 0.15) is 0 Å². The maximum Gasteiger partial charge on any atom is 0.254 e. The molecule has 0 spiro atoms. The fourth-order valence-electron chi connectivity index (χ4n) is 2.95. The number of likely N-dealkylation sites (tertiary alicyclic amines) is 1. The van der Waals surface area contributed by atoms with Crippen molar-refractivity contribution >= 4 is 15.9 Å². The number of piperidine rings is 1. The van der Waals surface area contributed by atoms with Crippen molar-refractivity contribution in [2.75, 3.05) is 13.1 Å². The van der Waals surface area contributed by atoms with Crippen molar-refractivity contribution in [2.45, 2.75) is 56.9 Å². The average Bonchev–Trinajstić information content (AvgIpc) is 2.59. The molecule has 1 atom stereocenters. The Morgan fingerprint density at radius 2 is 1.91 bits per heavy atom. The maximum absolute atomic E-state index is 12.7. The van der Waals surface area contributed by atoms with E-state index in [-0.39, 0.29) is 10.8 Å². The zero-order valence-electron chi connectivity index (χ0n) is 13.9. The minimum atomic E-state index is -3.48. The van der Waals surface area contributed by atoms with Crippen LogP contribution in [0.3, 0.4) is 0 Å². The van der Waals surface area contributed by atoms with Gasteiger partial charge in [-0.1, -0.05) is 13.8 Å². The number of nitrogens with one attached hydrogen (secondary N) is 1. The first kappa shape index (κ1) is 17.9. The average molecular weight is 338 g/mol. The Labute approximate surface area is 139 Å². The van der Waals surface area contributed by atoms with Crippen molar-refractivity contribution in [3.63, 3.8) is 0 Å². The molecule has 1 aromatic rings. The molecule has 0 radical (unpaired) electrons. The molecule has 1 unspecified atom stereocenters. The van der Waals surface area contributed by atoms with Crippen molar-refractivity contribution in [1.82, 2.24) is 9.62 Å². The van der Waals surface area contributed by atoms with Crippen LogP contribution in [-0.4, -0.2) is 38.4 Å². The van der Waals surface area contributed by atoms with Gasteiger partial charge in [-0.25, -0.2) is 13.1 Å². The minimum absolute atomic E-state index is 0.00187. The highest BCUT2D eigenvalue weighted by Gasteiger charge is 2.26. The Kier molecular flexibility index (Phi) is 6.18. The summed E-state index contributed by atoms with van der Waals surface area (Å²) in [7, 11) is -3.48. The Balaban J connectivity index is 2.14. The van der Waals surface area contributed by atoms with Gasteiger partial charge in [-0.15, -0.1) is 0 Å². The number of hydrogen-bond donors (Lipinski definition) is 1. The molecule has 1 aromatic carbocycles. The van der Waals surface area contributed by atoms with Crippen molar-refractivity contribution in [2.24, 2.45) is 0 Å². The van der Waals surface area contributed by atoms with Gasteiger partial charge in [0.25, 0.3) is 5.91 Å². The Bertz CT molecular complexity index is 626. The normalized spacial score (nSPS) is 18.9. The lowest BCUT2D eigenvalue weighted by atomic mass is 9.99. The zero-order chi connectivity index (χ0) is 16.9. The number of amides is 1. The molecule has 128 valence electrons. The van der Waals surface area contributed by atoms with Crippen LogP contribution < -0.4 is 4.72 Å². The SMILES string of the molecule is CCCNS(=O)(=O)c1ccc(C(=O)N2CCCCC2CC)cc1. The number of hydrogen-bond acceptors (Lipinski definition) is 3. The quantitative estimate of drug-likeness (QED) is 0.867. The van der Waals surface area contributed by atoms with E-state index >= 15 is 0 Å². The second-order valence-electron chi connectivity index (χ2n) is 5.98. The first-order valence-electron chi connectivity index (χ1n) is 8.40. The summed E-state index contributed by atoms with van der Waals surface area (Å²) in [5, 5.41) is 0. The predicted octanol–water partition coefficient (Wildman–Crippen LogP) is 2.78. The number of carbonyl (C=O) groups is 1. The molecule has 5 nitrogen and oxygen atoms in total. The smallest absolute Gasteiger partial charge is 0.254 e. The standard InChI is InChI=1S/C17H26N2O3S/c1-3-12-18-23(21,22)16-10-8-14(9-11-16)17(20)19-13-6-5-7-15(19)4-2/h8-11,15,18H,3-7,12-13H2,1-2H3. The number of carbonyl (C=O) groups excluding carboxylic acids is 1. The highest BCUT2D eigenvalue weighted by molar-refractivity contribution is 7.89. The van der Waals surface area contributed by atoms with E-state index in [1.807, 2.05) is 11.8 Å². The molecule has 1 amide bonds. The van der Waals surface area contributed by atoms with E-state index in [1.54, 1.807) is 12.1 Å². The lowest BCUT2D eigenvalue weighted by Crippen LogP contribution is -2.43. The maximum atomic E-state index is 12.7. The van der Waals surface area contributed by atoms with Crippen LogP contribution in [0, 0.1) is 0 Å². The van der Waals surface area contributed by atoms with Crippen molar-refractivity contribution in [1.29, 1.82) is 0 Å². The fraction of sp³-hybridized carbons (Fsp3) is 0.588. The Hall–Kier alpha value is -1.40. The summed E-state index contributed by atoms with van der Waals surface area (Å²) in [6.45, 7) is 5.21. The molecule has 1 aliphatic heterocycles. The zero-order valence-corrected chi connectivity index (χ0v) is 14.7. The van der Waals surface area contributed by atoms with Crippen LogP contribution in [0.1, 0.15) is 56.3 Å². The number of nitrogens with zero attached hydrogens (tertiary/aromatic N) is 1. The van der Waals surface area contributed by atoms with Crippen molar-refractivity contribution in [3.8, 4) is 0 Å². The van der Waals surface area contributed by atoms with Crippen LogP contribution in [0.5, 0.6) is 0 Å². The molecule has 0 aliphatic carbocycles. The van der Waals surface area contributed by atoms with Gasteiger partial charge in [0.15, 0.2) is 0 Å². The van der Waals surface area contributed by atoms with E-state index in [0.29, 0.717) is 18.2 Å². The molecule has 0 bridgehead atoms. The molecule has 0 saturated carbocycles. The van der Waals surface area contributed by atoms with Crippen LogP contribution in [0.25, 0.3) is 0 Å². The summed E-state index contributed by atoms with van der Waals surface area (Å²) in [6.07, 6.45) is 4.95. The molecular formula is C17H26N2O3S. The summed E-state index contributed by atoms with van der Waals surface area (Å²) in [5.74, 6) is 0.00187. The van der Waals surface area contributed by atoms with Crippen molar-refractivity contribution < 1.29 is 13.2 Å². The first-order chi connectivity index (χ1) is 11.0. The van der Waals surface area contributed by atoms with Gasteiger partial charge < -0.3 is 4.90 Å². The molecule has 1 N–H and O–H groups in total. The van der Waals surface area contributed by atoms with Crippen LogP contribution in [0.15, 0.2) is 29.2 Å². The van der Waals surface area contributed by atoms with Crippen LogP contribution in [0.2, 0.25) is 0 Å². The number of sulfonamides is 1. The molecule has 1 aliphatic rings. The van der Waals surface area contributed by atoms with E-state index in [9.17, 15) is 13.2 Å². The van der Waals surface area contributed by atoms with E-state index in [0.717, 1.165) is 32.2 Å². The largest absolute Gasteiger partial charge is 0.336 e. The lowest BCUT2D eigenvalue weighted by molar-refractivity contribution is 0.0608. The third kappa shape index (κ3) is 4.32. The van der Waals surface area contributed by atoms with Gasteiger partial charge in [0.2, 0.25) is 10.0 Å². The van der Waals surface area contributed by atoms with E-state index in [1.165, 1.54) is 18.6 Å². The lowest BCUT2D eigenvalue weighted by Gasteiger charge is -2.35. The highest BCUT2D eigenvalue weighted by atomic mass is 32.2. The van der Waals surface area contributed by atoms with E-state index in [2.05, 4.69) is 11.6 Å². The van der Waals surface area contributed by atoms with Gasteiger partial charge in [0, 0.05) is 24.7 Å². The molecule has 23 heavy (non-hydrogen) atoms. The van der Waals surface area contributed by atoms with Crippen molar-refractivity contribution in [3.05, 3.63) is 29.8 Å². The summed E-state index contributed by atoms with van der Waals surface area (Å²) in [5.41, 5.74) is 0.555. The summed E-state index contributed by atoms with van der Waals surface area (Å²) in [6, 6.07) is 6.55. The molecule has 2 rings (SSSR count). The molecule has 6 heteroatoms. The van der Waals surface area contributed by atoms with Crippen LogP contribution in [-0.2, 0) is 10.0 Å². The van der Waals surface area contributed by atoms with Gasteiger partial charge in [-0.2, -0.15) is 0 Å². The Morgan fingerprint density at radius 1 is 1.22 bits per heavy atom. The second-order valence-corrected chi connectivity index (χ2v) is 7.75. The topological polar surface area (TPSA) is 66.5 Å². The van der Waals surface area contributed by atoms with Gasteiger partial charge in [-0.3, -0.25) is 4.79 Å². The van der Waals surface area contributed by atoms with E-state index < -0.39 is 10.0 Å². The minimum Gasteiger partial charge on any atom is -0.336 e. The van der Waals surface area contributed by atoms with Gasteiger partial charge >= 0.3 is 0 Å². The number of benzene rings is 1. The number of rotatable bonds is 6. The van der Waals surface area contributed by atoms with Crippen LogP contribution in [0.4, 0.5) is 0 Å². The highest BCUT2D eigenvalue weighted by Crippen LogP contribution is 2.22. The summed E-state index contributed by atoms with van der Waals surface area (Å²) in [4.78, 5) is 14.8. The molecular weight excluding hydrogens is 312 g/mol. The second kappa shape index (κ2) is 7.93. The fourth-order valence-corrected chi connectivity index (χ4v) is 4.09. The summed E-state index contributed by atoms with van der Waals surface area (Å²) < 4.78 is 26.7. The van der Waals surface area contributed by atoms with Gasteiger partial charge in [0.05, 0.1) is 4.90 Å². The van der Waals surface area contributed by atoms with Crippen LogP contribution >= 0.6 is 0 Å². The van der Waals surface area contributed by atoms with E-state index in [4.69, 9.17) is 0 Å². The third-order valence-corrected chi connectivity index (χ3v) is 5.79. The molecule has 1 saturated heterocycles. The molecule has 1 heterocycles. The third-order valence-electron chi connectivity index (χ3n) is 4.31. The summed E-state index contributed by atoms with van der Waals surface area (Å²) >= 11 is 0. The molecule has 1 fully saturated rings.